The Labute approximate surface area is 187 Å². The summed E-state index contributed by atoms with van der Waals surface area (Å²) in [6.07, 6.45) is 12.3. The molecule has 0 saturated heterocycles. The molecule has 4 fully saturated rings. The van der Waals surface area contributed by atoms with Crippen molar-refractivity contribution in [1.29, 1.82) is 0 Å². The highest BCUT2D eigenvalue weighted by Crippen LogP contribution is 2.68. The second-order valence-electron chi connectivity index (χ2n) is 12.0. The smallest absolute Gasteiger partial charge is 0.322 e. The van der Waals surface area contributed by atoms with Crippen LogP contribution in [0.15, 0.2) is 0 Å². The van der Waals surface area contributed by atoms with Crippen molar-refractivity contribution in [3.63, 3.8) is 0 Å². The minimum absolute atomic E-state index is 0.0760. The summed E-state index contributed by atoms with van der Waals surface area (Å²) in [5.41, 5.74) is 0.810. The molecule has 0 spiro atoms. The molecule has 176 valence electrons. The van der Waals surface area contributed by atoms with Crippen LogP contribution in [0.2, 0.25) is 0 Å². The number of aliphatic carboxylic acids is 1. The quantitative estimate of drug-likeness (QED) is 0.570. The molecule has 0 aromatic heterocycles. The fraction of sp³-hybridized carbons (Fsp3) is 0.923. The third-order valence-electron chi connectivity index (χ3n) is 10.7. The van der Waals surface area contributed by atoms with E-state index < -0.39 is 5.97 Å². The van der Waals surface area contributed by atoms with Crippen LogP contribution in [0.4, 0.5) is 0 Å². The molecule has 0 unspecified atom stereocenters. The Bertz CT molecular complexity index is 695. The Morgan fingerprint density at radius 3 is 2.45 bits per heavy atom. The normalized spacial score (nSPS) is 45.2. The van der Waals surface area contributed by atoms with Crippen LogP contribution in [0.3, 0.4) is 0 Å². The molecule has 0 aromatic rings. The average molecular weight is 434 g/mol. The summed E-state index contributed by atoms with van der Waals surface area (Å²) in [4.78, 5) is 22.7. The van der Waals surface area contributed by atoms with Gasteiger partial charge in [0.1, 0.15) is 6.54 Å². The van der Waals surface area contributed by atoms with Gasteiger partial charge >= 0.3 is 5.97 Å². The summed E-state index contributed by atoms with van der Waals surface area (Å²) in [6.45, 7) is 7.13. The molecule has 0 aromatic carbocycles. The van der Waals surface area contributed by atoms with Gasteiger partial charge < -0.3 is 15.5 Å². The van der Waals surface area contributed by atoms with E-state index in [0.717, 1.165) is 37.0 Å². The van der Waals surface area contributed by atoms with E-state index in [9.17, 15) is 14.7 Å². The van der Waals surface area contributed by atoms with E-state index in [1.807, 2.05) is 0 Å². The van der Waals surface area contributed by atoms with Gasteiger partial charge in [-0.05, 0) is 111 Å². The number of carboxylic acids is 1. The molecule has 4 aliphatic carbocycles. The van der Waals surface area contributed by atoms with Crippen molar-refractivity contribution in [2.75, 3.05) is 6.54 Å². The zero-order valence-electron chi connectivity index (χ0n) is 19.7. The monoisotopic (exact) mass is 433 g/mol. The van der Waals surface area contributed by atoms with Crippen molar-refractivity contribution in [2.45, 2.75) is 97.5 Å². The van der Waals surface area contributed by atoms with Crippen molar-refractivity contribution in [3.05, 3.63) is 0 Å². The Morgan fingerprint density at radius 2 is 1.71 bits per heavy atom. The highest BCUT2D eigenvalue weighted by molar-refractivity contribution is 5.81. The van der Waals surface area contributed by atoms with E-state index >= 15 is 0 Å². The van der Waals surface area contributed by atoms with E-state index in [1.165, 1.54) is 44.9 Å². The molecule has 5 nitrogen and oxygen atoms in total. The third-order valence-corrected chi connectivity index (χ3v) is 10.7. The Hall–Kier alpha value is -1.10. The number of carboxylic acid groups (broad SMARTS) is 1. The Morgan fingerprint density at radius 1 is 1.00 bits per heavy atom. The summed E-state index contributed by atoms with van der Waals surface area (Å²) >= 11 is 0. The van der Waals surface area contributed by atoms with Gasteiger partial charge in [0.25, 0.3) is 0 Å². The molecule has 5 heteroatoms. The standard InChI is InChI=1S/C26H43NO4/c1-16(4-9-23(29)27-15-24(30)31)20-7-8-21-19-6-5-17-14-18(28)10-12-25(17,2)22(19)11-13-26(20,21)3/h16-22,28H,4-15H2,1-3H3,(H,27,29)(H,30,31)/t16-,17-,18-,19+,20-,21+,22+,25+,26-/m0/s1. The molecule has 3 N–H and O–H groups in total. The maximum Gasteiger partial charge on any atom is 0.322 e. The van der Waals surface area contributed by atoms with E-state index in [2.05, 4.69) is 26.1 Å². The van der Waals surface area contributed by atoms with Gasteiger partial charge in [0, 0.05) is 6.42 Å². The number of aliphatic hydroxyl groups excluding tert-OH is 1. The van der Waals surface area contributed by atoms with E-state index in [1.54, 1.807) is 0 Å². The number of nitrogens with one attached hydrogen (secondary N) is 1. The zero-order chi connectivity index (χ0) is 22.4. The van der Waals surface area contributed by atoms with Gasteiger partial charge in [0.15, 0.2) is 0 Å². The lowest BCUT2D eigenvalue weighted by Crippen LogP contribution is -2.54. The largest absolute Gasteiger partial charge is 0.480 e. The second kappa shape index (κ2) is 8.68. The van der Waals surface area contributed by atoms with Crippen LogP contribution >= 0.6 is 0 Å². The zero-order valence-corrected chi connectivity index (χ0v) is 19.7. The van der Waals surface area contributed by atoms with Gasteiger partial charge in [-0.25, -0.2) is 0 Å². The lowest BCUT2D eigenvalue weighted by molar-refractivity contribution is -0.138. The van der Waals surface area contributed by atoms with Gasteiger partial charge in [-0.2, -0.15) is 0 Å². The van der Waals surface area contributed by atoms with Crippen molar-refractivity contribution < 1.29 is 19.8 Å². The molecule has 9 atom stereocenters. The Kier molecular flexibility index (Phi) is 6.46. The van der Waals surface area contributed by atoms with Crippen LogP contribution in [0.25, 0.3) is 0 Å². The average Bonchev–Trinajstić information content (AvgIpc) is 3.08. The minimum atomic E-state index is -0.986. The molecule has 0 aliphatic heterocycles. The molecule has 1 amide bonds. The second-order valence-corrected chi connectivity index (χ2v) is 12.0. The highest BCUT2D eigenvalue weighted by atomic mass is 16.4. The lowest BCUT2D eigenvalue weighted by atomic mass is 9.44. The third kappa shape index (κ3) is 4.16. The topological polar surface area (TPSA) is 86.6 Å². The summed E-state index contributed by atoms with van der Waals surface area (Å²) in [7, 11) is 0. The summed E-state index contributed by atoms with van der Waals surface area (Å²) in [5, 5.41) is 21.5. The molecule has 0 bridgehead atoms. The predicted octanol–water partition coefficient (Wildman–Crippen LogP) is 4.62. The molecule has 4 aliphatic rings. The van der Waals surface area contributed by atoms with Gasteiger partial charge in [-0.1, -0.05) is 20.8 Å². The first kappa shape index (κ1) is 23.1. The number of aliphatic hydroxyl groups is 1. The number of fused-ring (bicyclic) bond motifs is 5. The number of rotatable bonds is 6. The number of hydrogen-bond donors (Lipinski definition) is 3. The molecule has 31 heavy (non-hydrogen) atoms. The minimum Gasteiger partial charge on any atom is -0.480 e. The van der Waals surface area contributed by atoms with Crippen LogP contribution in [0, 0.1) is 46.3 Å². The van der Waals surface area contributed by atoms with Gasteiger partial charge in [0.2, 0.25) is 5.91 Å². The van der Waals surface area contributed by atoms with E-state index in [4.69, 9.17) is 5.11 Å². The molecule has 4 saturated carbocycles. The van der Waals surface area contributed by atoms with Crippen molar-refractivity contribution in [1.82, 2.24) is 5.32 Å². The summed E-state index contributed by atoms with van der Waals surface area (Å²) in [6, 6.07) is 0. The summed E-state index contributed by atoms with van der Waals surface area (Å²) < 4.78 is 0. The van der Waals surface area contributed by atoms with Crippen LogP contribution < -0.4 is 5.32 Å². The number of amides is 1. The van der Waals surface area contributed by atoms with Crippen LogP contribution in [0.1, 0.15) is 91.4 Å². The van der Waals surface area contributed by atoms with Gasteiger partial charge in [-0.3, -0.25) is 9.59 Å². The van der Waals surface area contributed by atoms with Crippen LogP contribution in [-0.4, -0.2) is 34.7 Å². The molecule has 0 radical (unpaired) electrons. The fourth-order valence-electron chi connectivity index (χ4n) is 9.03. The summed E-state index contributed by atoms with van der Waals surface area (Å²) in [5.74, 6) is 3.23. The first-order valence-corrected chi connectivity index (χ1v) is 12.8. The fourth-order valence-corrected chi connectivity index (χ4v) is 9.03. The van der Waals surface area contributed by atoms with E-state index in [-0.39, 0.29) is 18.6 Å². The first-order chi connectivity index (χ1) is 14.6. The SMILES string of the molecule is C[C@@H](CCC(=O)NCC(=O)O)[C@@H]1CC[C@@H]2[C@H]3CC[C@H]4C[C@@H](O)CC[C@@]4(C)[C@@H]3CC[C@]21C. The molecule has 0 heterocycles. The van der Waals surface area contributed by atoms with E-state index in [0.29, 0.717) is 35.0 Å². The van der Waals surface area contributed by atoms with Crippen molar-refractivity contribution in [2.24, 2.45) is 46.3 Å². The first-order valence-electron chi connectivity index (χ1n) is 12.8. The van der Waals surface area contributed by atoms with Crippen molar-refractivity contribution in [3.8, 4) is 0 Å². The highest BCUT2D eigenvalue weighted by Gasteiger charge is 2.60. The van der Waals surface area contributed by atoms with Crippen LogP contribution in [-0.2, 0) is 9.59 Å². The van der Waals surface area contributed by atoms with Crippen LogP contribution in [0.5, 0.6) is 0 Å². The molecular formula is C26H43NO4. The molecular weight excluding hydrogens is 390 g/mol. The maximum atomic E-state index is 12.0. The number of hydrogen-bond acceptors (Lipinski definition) is 3. The van der Waals surface area contributed by atoms with Gasteiger partial charge in [0.05, 0.1) is 6.10 Å². The van der Waals surface area contributed by atoms with Gasteiger partial charge in [-0.15, -0.1) is 0 Å². The molecule has 4 rings (SSSR count). The maximum absolute atomic E-state index is 12.0. The predicted molar refractivity (Wildman–Crippen MR) is 120 cm³/mol. The number of carbonyl (C=O) groups excluding carboxylic acids is 1. The number of carbonyl (C=O) groups is 2. The Balaban J connectivity index is 1.40. The lowest BCUT2D eigenvalue weighted by Gasteiger charge is -2.61. The van der Waals surface area contributed by atoms with Crippen molar-refractivity contribution >= 4 is 11.9 Å².